The summed E-state index contributed by atoms with van der Waals surface area (Å²) in [5, 5.41) is 3.00. The Bertz CT molecular complexity index is 1720. The third-order valence-corrected chi connectivity index (χ3v) is 21.4. The highest BCUT2D eigenvalue weighted by molar-refractivity contribution is 8.00. The van der Waals surface area contributed by atoms with Crippen LogP contribution < -0.4 is 5.32 Å². The zero-order valence-electron chi connectivity index (χ0n) is 31.8. The lowest BCUT2D eigenvalue weighted by Crippen LogP contribution is -2.41. The van der Waals surface area contributed by atoms with Gasteiger partial charge in [0, 0.05) is 59.5 Å². The molecule has 50 heavy (non-hydrogen) atoms. The summed E-state index contributed by atoms with van der Waals surface area (Å²) in [5.74, 6) is 6.33. The van der Waals surface area contributed by atoms with Crippen LogP contribution in [0, 0.1) is 18.8 Å². The Hall–Kier alpha value is -3.19. The minimum absolute atomic E-state index is 0.0824. The number of carbonyl (C=O) groups is 2. The van der Waals surface area contributed by atoms with Crippen LogP contribution in [0.3, 0.4) is 0 Å². The second kappa shape index (κ2) is 16.9. The molecule has 0 aliphatic rings. The van der Waals surface area contributed by atoms with Gasteiger partial charge in [0.1, 0.15) is 0 Å². The summed E-state index contributed by atoms with van der Waals surface area (Å²) >= 11 is 0. The van der Waals surface area contributed by atoms with Crippen LogP contribution in [0.5, 0.6) is 0 Å². The molecule has 0 radical (unpaired) electrons. The molecule has 0 fully saturated rings. The molecule has 0 saturated carbocycles. The van der Waals surface area contributed by atoms with Crippen LogP contribution in [0.4, 0.5) is 5.69 Å². The number of aromatic nitrogens is 1. The molecule has 0 aliphatic heterocycles. The molecule has 3 aromatic rings. The van der Waals surface area contributed by atoms with Crippen LogP contribution in [-0.4, -0.2) is 62.7 Å². The molecule has 0 spiro atoms. The first kappa shape index (κ1) is 41.2. The highest BCUT2D eigenvalue weighted by Gasteiger charge is 2.38. The average molecular weight is 740 g/mol. The number of nitrogens with one attached hydrogen (secondary N) is 1. The molecule has 0 atom stereocenters. The van der Waals surface area contributed by atoms with Crippen molar-refractivity contribution in [2.24, 2.45) is 4.36 Å². The minimum Gasteiger partial charge on any atom is -0.459 e. The molecule has 0 aliphatic carbocycles. The van der Waals surface area contributed by atoms with Crippen molar-refractivity contribution in [3.63, 3.8) is 0 Å². The van der Waals surface area contributed by atoms with Crippen molar-refractivity contribution in [1.82, 2.24) is 4.98 Å². The van der Waals surface area contributed by atoms with Crippen LogP contribution in [-0.2, 0) is 19.0 Å². The summed E-state index contributed by atoms with van der Waals surface area (Å²) in [6, 6.07) is 10.5. The fourth-order valence-electron chi connectivity index (χ4n) is 4.40. The molecule has 274 valence electrons. The Morgan fingerprint density at radius 3 is 2.02 bits per heavy atom. The number of hydrogen-bond donors (Lipinski definition) is 3. The lowest BCUT2D eigenvalue weighted by atomic mass is 10.1. The lowest BCUT2D eigenvalue weighted by molar-refractivity contribution is 0.0991. The molecule has 9 nitrogen and oxygen atoms in total. The summed E-state index contributed by atoms with van der Waals surface area (Å²) in [7, 11) is -6.90. The summed E-state index contributed by atoms with van der Waals surface area (Å²) in [6.45, 7) is 24.9. The Kier molecular flexibility index (Phi) is 13.9. The highest BCUT2D eigenvalue weighted by atomic mass is 32.3. The monoisotopic (exact) mass is 739 g/mol. The van der Waals surface area contributed by atoms with Gasteiger partial charge in [-0.15, -0.1) is 10.1 Å². The fourth-order valence-corrected chi connectivity index (χ4v) is 8.72. The van der Waals surface area contributed by atoms with Crippen LogP contribution >= 0.6 is 0 Å². The van der Waals surface area contributed by atoms with E-state index < -0.39 is 32.6 Å². The zero-order chi connectivity index (χ0) is 37.4. The Morgan fingerprint density at radius 1 is 0.900 bits per heavy atom. The van der Waals surface area contributed by atoms with Crippen molar-refractivity contribution in [2.75, 3.05) is 30.0 Å². The molecule has 2 aromatic heterocycles. The van der Waals surface area contributed by atoms with Gasteiger partial charge in [-0.25, -0.2) is 0 Å². The van der Waals surface area contributed by atoms with E-state index in [-0.39, 0.29) is 27.3 Å². The molecule has 12 heteroatoms. The minimum atomic E-state index is -3.01. The van der Waals surface area contributed by atoms with Crippen LogP contribution in [0.15, 0.2) is 63.8 Å². The number of aryl methyl sites for hydroxylation is 1. The quantitative estimate of drug-likeness (QED) is 0.0692. The average Bonchev–Trinajstić information content (AvgIpc) is 3.46. The summed E-state index contributed by atoms with van der Waals surface area (Å²) in [6.07, 6.45) is 5.73. The third-order valence-electron chi connectivity index (χ3n) is 9.66. The molecule has 0 unspecified atom stereocenters. The van der Waals surface area contributed by atoms with Gasteiger partial charge >= 0.3 is 0 Å². The molecule has 1 aromatic carbocycles. The molecular weight excluding hydrogens is 683 g/mol. The van der Waals surface area contributed by atoms with Gasteiger partial charge in [-0.3, -0.25) is 14.6 Å². The number of hydrogen-bond acceptors (Lipinski definition) is 6. The Labute approximate surface area is 302 Å². The van der Waals surface area contributed by atoms with E-state index in [1.165, 1.54) is 12.5 Å². The second-order valence-electron chi connectivity index (χ2n) is 15.8. The molecule has 2 amide bonds. The number of carbonyl (C=O) groups excluding carboxylic acids is 2. The number of rotatable bonds is 13. The zero-order valence-corrected chi connectivity index (χ0v) is 34.7. The van der Waals surface area contributed by atoms with Crippen LogP contribution in [0.1, 0.15) is 92.0 Å². The Morgan fingerprint density at radius 2 is 1.48 bits per heavy atom. The van der Waals surface area contributed by atoms with Gasteiger partial charge in [-0.1, -0.05) is 59.4 Å². The van der Waals surface area contributed by atoms with Crippen LogP contribution in [0.25, 0.3) is 0 Å². The predicted molar refractivity (Wildman–Crippen MR) is 211 cm³/mol. The summed E-state index contributed by atoms with van der Waals surface area (Å²) in [5.41, 5.74) is 2.78. The Balaban J connectivity index is 1.77. The number of benzene rings is 1. The van der Waals surface area contributed by atoms with E-state index in [1.54, 1.807) is 43.5 Å². The van der Waals surface area contributed by atoms with E-state index in [4.69, 9.17) is 13.3 Å². The number of pyridine rings is 1. The summed E-state index contributed by atoms with van der Waals surface area (Å²) in [4.78, 5) is 30.3. The number of thiol groups is 1. The van der Waals surface area contributed by atoms with Crippen molar-refractivity contribution in [3.8, 4) is 11.8 Å². The fraction of sp³-hybridized carbons (Fsp3) is 0.500. The van der Waals surface area contributed by atoms with Crippen LogP contribution in [0.2, 0.25) is 36.3 Å². The largest absolute Gasteiger partial charge is 0.459 e. The number of anilines is 1. The maximum atomic E-state index is 13.5. The van der Waals surface area contributed by atoms with Gasteiger partial charge in [-0.05, 0) is 86.4 Å². The van der Waals surface area contributed by atoms with E-state index in [0.717, 1.165) is 5.56 Å². The van der Waals surface area contributed by atoms with Gasteiger partial charge in [0.15, 0.2) is 22.4 Å². The van der Waals surface area contributed by atoms with Gasteiger partial charge in [0.2, 0.25) is 0 Å². The maximum absolute atomic E-state index is 13.5. The van der Waals surface area contributed by atoms with E-state index in [2.05, 4.69) is 94.2 Å². The highest BCUT2D eigenvalue weighted by Crippen LogP contribution is 2.37. The van der Waals surface area contributed by atoms with E-state index in [1.807, 2.05) is 6.07 Å². The molecule has 2 heterocycles. The first-order valence-electron chi connectivity index (χ1n) is 17.2. The van der Waals surface area contributed by atoms with Crippen molar-refractivity contribution < 1.29 is 27.4 Å². The summed E-state index contributed by atoms with van der Waals surface area (Å²) < 4.78 is 34.3. The van der Waals surface area contributed by atoms with Crippen molar-refractivity contribution in [2.45, 2.75) is 97.6 Å². The van der Waals surface area contributed by atoms with Gasteiger partial charge in [0.05, 0.1) is 11.8 Å². The second-order valence-corrected chi connectivity index (χ2v) is 28.3. The third kappa shape index (κ3) is 12.0. The number of amides is 2. The van der Waals surface area contributed by atoms with Crippen molar-refractivity contribution in [1.29, 1.82) is 0 Å². The van der Waals surface area contributed by atoms with Crippen molar-refractivity contribution >= 4 is 44.2 Å². The lowest BCUT2D eigenvalue weighted by Gasteiger charge is -2.37. The first-order valence-corrected chi connectivity index (χ1v) is 25.1. The molecular formula is C38H57N3O6SSi2. The molecule has 0 bridgehead atoms. The van der Waals surface area contributed by atoms with Gasteiger partial charge in [-0.2, -0.15) is 4.36 Å². The number of nitrogens with zero attached hydrogens (tertiary/aromatic N) is 2. The SMILES string of the molecule is Cc1ccoc1C(=O)Nc1cccc(C#Cc2cncc(C(=O)N=[SH](O)(CCCO[Si](C)(C)C(C)(C)C)CCCO[Si](C)(C)C(C)(C)C)c2)c1. The topological polar surface area (TPSA) is 123 Å². The normalized spacial score (nSPS) is 13.0. The predicted octanol–water partition coefficient (Wildman–Crippen LogP) is 9.14. The van der Waals surface area contributed by atoms with Crippen molar-refractivity contribution in [3.05, 3.63) is 83.1 Å². The van der Waals surface area contributed by atoms with E-state index in [9.17, 15) is 14.1 Å². The maximum Gasteiger partial charge on any atom is 0.291 e. The standard InChI is InChI=1S/C38H57N3O6SSi2/c1-29-19-22-45-34(29)36(43)40-33-16-12-15-30(26-33)17-18-31-25-32(28-39-27-31)35(42)41-48(44,23-13-20-46-49(8,9)37(2,3)4)24-14-21-47-50(10,11)38(5,6)7/h12,15-16,19,22,25-28,48H,13-14,20-21,23-24H2,1-11H3,(H,40,43)(H,41,42,44). The number of furan rings is 1. The van der Waals surface area contributed by atoms with E-state index in [0.29, 0.717) is 54.4 Å². The van der Waals surface area contributed by atoms with E-state index >= 15 is 0 Å². The van der Waals surface area contributed by atoms with Gasteiger partial charge in [0.25, 0.3) is 11.8 Å². The molecule has 0 saturated heterocycles. The molecule has 3 rings (SSSR count). The smallest absolute Gasteiger partial charge is 0.291 e. The first-order chi connectivity index (χ1) is 23.1. The molecule has 2 N–H and O–H groups in total. The van der Waals surface area contributed by atoms with Gasteiger partial charge < -0.3 is 23.1 Å².